The summed E-state index contributed by atoms with van der Waals surface area (Å²) in [6.45, 7) is 0.725. The van der Waals surface area contributed by atoms with Gasteiger partial charge in [-0.15, -0.1) is 9.46 Å². The zero-order valence-electron chi connectivity index (χ0n) is 26.5. The van der Waals surface area contributed by atoms with Crippen LogP contribution in [0.15, 0.2) is 70.2 Å². The lowest BCUT2D eigenvalue weighted by atomic mass is 10.2. The molecule has 4 heterocycles. The first-order valence-corrected chi connectivity index (χ1v) is 17.0. The molecule has 4 aromatic heterocycles. The fourth-order valence-electron chi connectivity index (χ4n) is 4.88. The molecule has 0 aliphatic carbocycles. The Morgan fingerprint density at radius 2 is 1.30 bits per heavy atom. The number of unbranched alkanes of at least 4 members (excludes halogenated alkanes) is 4. The summed E-state index contributed by atoms with van der Waals surface area (Å²) in [7, 11) is -4.67. The van der Waals surface area contributed by atoms with E-state index < -0.39 is 38.7 Å². The van der Waals surface area contributed by atoms with Crippen LogP contribution >= 0.6 is 0 Å². The highest BCUT2D eigenvalue weighted by Gasteiger charge is 2.22. The number of pyridine rings is 1. The molecule has 0 bridgehead atoms. The zero-order valence-corrected chi connectivity index (χ0v) is 27.4. The number of carbonyl (C=O) groups excluding carboxylic acids is 2. The van der Waals surface area contributed by atoms with E-state index in [2.05, 4.69) is 4.98 Å². The molecule has 0 aliphatic rings. The molecular weight excluding hydrogens is 680 g/mol. The molecule has 0 aliphatic heterocycles. The van der Waals surface area contributed by atoms with Crippen molar-refractivity contribution in [1.29, 1.82) is 0 Å². The van der Waals surface area contributed by atoms with E-state index in [9.17, 15) is 43.0 Å². The number of hydrogen-bond donors (Lipinski definition) is 5. The van der Waals surface area contributed by atoms with E-state index in [4.69, 9.17) is 18.8 Å². The first-order valence-electron chi connectivity index (χ1n) is 15.5. The Hall–Kier alpha value is -5.75. The lowest BCUT2D eigenvalue weighted by Crippen LogP contribution is -2.32. The van der Waals surface area contributed by atoms with Gasteiger partial charge in [0, 0.05) is 67.3 Å². The van der Waals surface area contributed by atoms with Crippen molar-refractivity contribution < 1.29 is 66.4 Å². The molecule has 1 aromatic carbocycles. The second kappa shape index (κ2) is 15.6. The number of hydrogen-bond acceptors (Lipinski definition) is 13. The minimum absolute atomic E-state index is 0.00600. The predicted octanol–water partition coefficient (Wildman–Crippen LogP) is 3.26. The van der Waals surface area contributed by atoms with E-state index >= 15 is 0 Å². The van der Waals surface area contributed by atoms with Gasteiger partial charge in [0.15, 0.2) is 18.0 Å². The molecule has 18 heteroatoms. The van der Waals surface area contributed by atoms with Crippen LogP contribution in [0.3, 0.4) is 0 Å². The standard InChI is InChI=1S/C32H34N4O13S/c37-26-9-10-27(38)35(26)48-30(41)7-3-1-5-15-34-16-13-21(14-17-34)32-33-22-19-25(50(43,44)45)24(20-23(22)47-32)46-18-6-2-4-8-31(42)49-36-28(39)11-12-29(36)40/h9-14,16-17,19-20,33H,1-8,15,18H2,(H3,37,38,39,40,43,44,45)/p+1. The number of carbonyl (C=O) groups is 2. The number of ether oxygens (including phenoxy) is 1. The highest BCUT2D eigenvalue weighted by Crippen LogP contribution is 2.32. The lowest BCUT2D eigenvalue weighted by molar-refractivity contribution is -0.697. The smallest absolute Gasteiger partial charge is 0.333 e. The SMILES string of the molecule is O=C(CCCCCOc1cc2oc(-c3cc[n+](CCCCCC(=O)On4c(O)ccc4O)cc3)nc2cc1S(=O)(=O)O)On1c(O)ccc1O. The summed E-state index contributed by atoms with van der Waals surface area (Å²) in [6.07, 6.45) is 7.11. The predicted molar refractivity (Wildman–Crippen MR) is 171 cm³/mol. The number of aromatic hydroxyl groups is 4. The van der Waals surface area contributed by atoms with Crippen LogP contribution in [-0.2, 0) is 26.3 Å². The first-order chi connectivity index (χ1) is 23.9. The van der Waals surface area contributed by atoms with Crippen LogP contribution in [0.2, 0.25) is 0 Å². The zero-order chi connectivity index (χ0) is 35.8. The maximum absolute atomic E-state index is 12.1. The van der Waals surface area contributed by atoms with Gasteiger partial charge >= 0.3 is 11.9 Å². The van der Waals surface area contributed by atoms with Crippen LogP contribution in [0.1, 0.15) is 51.4 Å². The number of nitrogens with zero attached hydrogens (tertiary/aromatic N) is 4. The van der Waals surface area contributed by atoms with E-state index in [-0.39, 0.29) is 53.9 Å². The van der Waals surface area contributed by atoms with Crippen LogP contribution < -0.4 is 19.0 Å². The van der Waals surface area contributed by atoms with E-state index in [0.717, 1.165) is 18.9 Å². The van der Waals surface area contributed by atoms with Crippen LogP contribution in [0.25, 0.3) is 22.6 Å². The Balaban J connectivity index is 1.10. The van der Waals surface area contributed by atoms with Crippen molar-refractivity contribution in [2.24, 2.45) is 0 Å². The third kappa shape index (κ3) is 9.03. The Kier molecular flexibility index (Phi) is 11.1. The minimum atomic E-state index is -4.67. The molecule has 50 heavy (non-hydrogen) atoms. The largest absolute Gasteiger partial charge is 0.492 e. The van der Waals surface area contributed by atoms with Gasteiger partial charge in [0.1, 0.15) is 22.7 Å². The number of fused-ring (bicyclic) bond motifs is 1. The van der Waals surface area contributed by atoms with Gasteiger partial charge in [-0.3, -0.25) is 4.55 Å². The van der Waals surface area contributed by atoms with Gasteiger partial charge < -0.3 is 39.3 Å². The molecule has 266 valence electrons. The monoisotopic (exact) mass is 715 g/mol. The van der Waals surface area contributed by atoms with Crippen LogP contribution in [0.4, 0.5) is 0 Å². The minimum Gasteiger partial charge on any atom is -0.492 e. The highest BCUT2D eigenvalue weighted by molar-refractivity contribution is 7.86. The Labute approximate surface area is 284 Å². The van der Waals surface area contributed by atoms with Crippen molar-refractivity contribution in [1.82, 2.24) is 14.4 Å². The summed E-state index contributed by atoms with van der Waals surface area (Å²) in [5.41, 5.74) is 1.04. The van der Waals surface area contributed by atoms with E-state index in [1.165, 1.54) is 30.3 Å². The maximum atomic E-state index is 12.1. The molecule has 5 N–H and O–H groups in total. The summed E-state index contributed by atoms with van der Waals surface area (Å²) in [4.78, 5) is 37.7. The third-order valence-corrected chi connectivity index (χ3v) is 8.31. The maximum Gasteiger partial charge on any atom is 0.333 e. The number of oxazole rings is 1. The van der Waals surface area contributed by atoms with Gasteiger partial charge in [-0.05, 0) is 38.2 Å². The van der Waals surface area contributed by atoms with Crippen LogP contribution in [0, 0.1) is 0 Å². The van der Waals surface area contributed by atoms with Crippen molar-refractivity contribution >= 4 is 33.2 Å². The van der Waals surface area contributed by atoms with Gasteiger partial charge in [-0.25, -0.2) is 19.1 Å². The average Bonchev–Trinajstić information content (AvgIpc) is 3.74. The second-order valence-electron chi connectivity index (χ2n) is 11.2. The van der Waals surface area contributed by atoms with Crippen molar-refractivity contribution in [3.05, 3.63) is 60.9 Å². The van der Waals surface area contributed by atoms with E-state index in [1.807, 2.05) is 17.0 Å². The van der Waals surface area contributed by atoms with Crippen molar-refractivity contribution in [2.75, 3.05) is 6.61 Å². The van der Waals surface area contributed by atoms with E-state index in [1.54, 1.807) is 12.1 Å². The van der Waals surface area contributed by atoms with Crippen LogP contribution in [-0.4, -0.2) is 66.4 Å². The summed E-state index contributed by atoms with van der Waals surface area (Å²) < 4.78 is 48.8. The third-order valence-electron chi connectivity index (χ3n) is 7.43. The van der Waals surface area contributed by atoms with Crippen molar-refractivity contribution in [3.8, 4) is 40.7 Å². The Morgan fingerprint density at radius 1 is 0.760 bits per heavy atom. The van der Waals surface area contributed by atoms with Crippen molar-refractivity contribution in [3.63, 3.8) is 0 Å². The van der Waals surface area contributed by atoms with Gasteiger partial charge in [-0.1, -0.05) is 0 Å². The van der Waals surface area contributed by atoms with Crippen molar-refractivity contribution in [2.45, 2.75) is 62.8 Å². The number of rotatable bonds is 17. The molecule has 0 amide bonds. The van der Waals surface area contributed by atoms with Crippen LogP contribution in [0.5, 0.6) is 29.3 Å². The fourth-order valence-corrected chi connectivity index (χ4v) is 5.51. The lowest BCUT2D eigenvalue weighted by Gasteiger charge is -2.10. The molecule has 0 spiro atoms. The Bertz CT molecular complexity index is 2030. The Morgan fingerprint density at radius 3 is 1.84 bits per heavy atom. The quantitative estimate of drug-likeness (QED) is 0.0528. The molecule has 0 radical (unpaired) electrons. The number of aryl methyl sites for hydroxylation is 1. The molecule has 17 nitrogen and oxygen atoms in total. The van der Waals surface area contributed by atoms with Gasteiger partial charge in [-0.2, -0.15) is 8.42 Å². The molecular formula is C32H35N4O13S+. The molecule has 0 saturated carbocycles. The molecule has 5 aromatic rings. The highest BCUT2D eigenvalue weighted by atomic mass is 32.2. The molecule has 0 unspecified atom stereocenters. The molecule has 0 atom stereocenters. The first kappa shape index (κ1) is 35.6. The number of aromatic nitrogens is 4. The van der Waals surface area contributed by atoms with E-state index in [0.29, 0.717) is 47.3 Å². The summed E-state index contributed by atoms with van der Waals surface area (Å²) in [6, 6.07) is 10.8. The van der Waals surface area contributed by atoms with Gasteiger partial charge in [0.25, 0.3) is 10.1 Å². The average molecular weight is 716 g/mol. The topological polar surface area (TPSA) is 237 Å². The normalized spacial score (nSPS) is 11.5. The molecule has 0 fully saturated rings. The second-order valence-corrected chi connectivity index (χ2v) is 12.6. The summed E-state index contributed by atoms with van der Waals surface area (Å²) >= 11 is 0. The number of benzene rings is 1. The van der Waals surface area contributed by atoms with Gasteiger partial charge in [0.05, 0.1) is 6.61 Å². The molecule has 5 rings (SSSR count). The fraction of sp³-hybridized carbons (Fsp3) is 0.312. The molecule has 0 saturated heterocycles. The summed E-state index contributed by atoms with van der Waals surface area (Å²) in [5.74, 6) is -2.77. The van der Waals surface area contributed by atoms with Gasteiger partial charge in [0.2, 0.25) is 29.4 Å². The summed E-state index contributed by atoms with van der Waals surface area (Å²) in [5, 5.41) is 38.2.